The number of fused-ring (bicyclic) bond motifs is 1. The number of rotatable bonds is 5. The topological polar surface area (TPSA) is 84.9 Å². The molecule has 1 aliphatic heterocycles. The van der Waals surface area contributed by atoms with Gasteiger partial charge in [-0.1, -0.05) is 38.1 Å². The lowest BCUT2D eigenvalue weighted by atomic mass is 9.81. The molecular formula is C36H49NO5. The summed E-state index contributed by atoms with van der Waals surface area (Å²) < 4.78 is 12.5. The third-order valence-electron chi connectivity index (χ3n) is 7.28. The Balaban J connectivity index is 0.00000116. The van der Waals surface area contributed by atoms with Gasteiger partial charge in [-0.05, 0) is 130 Å². The fourth-order valence-electron chi connectivity index (χ4n) is 5.60. The SMILES string of the molecule is CC.CC(=O)Nc1c(C)c(C(C)OC(C)(C)C)c(-c2ccc3c(c2)CCCO3)c(C)c1-c1ccc(C)c(C)c1.O=CO. The molecule has 6 nitrogen and oxygen atoms in total. The summed E-state index contributed by atoms with van der Waals surface area (Å²) in [6.07, 6.45) is 1.86. The number of hydrogen-bond acceptors (Lipinski definition) is 4. The Morgan fingerprint density at radius 1 is 0.976 bits per heavy atom. The van der Waals surface area contributed by atoms with Crippen molar-refractivity contribution >= 4 is 18.1 Å². The Morgan fingerprint density at radius 3 is 2.14 bits per heavy atom. The van der Waals surface area contributed by atoms with E-state index in [1.807, 2.05) is 13.8 Å². The number of aryl methyl sites for hydroxylation is 3. The molecule has 228 valence electrons. The van der Waals surface area contributed by atoms with Crippen LogP contribution in [-0.4, -0.2) is 29.7 Å². The number of ether oxygens (including phenoxy) is 2. The van der Waals surface area contributed by atoms with E-state index >= 15 is 0 Å². The van der Waals surface area contributed by atoms with Crippen molar-refractivity contribution in [2.24, 2.45) is 0 Å². The van der Waals surface area contributed by atoms with Crippen LogP contribution in [0.15, 0.2) is 36.4 Å². The van der Waals surface area contributed by atoms with Crippen LogP contribution in [0.5, 0.6) is 5.75 Å². The maximum atomic E-state index is 12.5. The maximum absolute atomic E-state index is 12.5. The fourth-order valence-corrected chi connectivity index (χ4v) is 5.60. The number of amides is 1. The highest BCUT2D eigenvalue weighted by molar-refractivity contribution is 5.99. The van der Waals surface area contributed by atoms with Gasteiger partial charge in [0.15, 0.2) is 0 Å². The van der Waals surface area contributed by atoms with Gasteiger partial charge in [0.05, 0.1) is 24.0 Å². The molecule has 0 bridgehead atoms. The van der Waals surface area contributed by atoms with Crippen LogP contribution < -0.4 is 10.1 Å². The quantitative estimate of drug-likeness (QED) is 0.296. The molecule has 1 heterocycles. The summed E-state index contributed by atoms with van der Waals surface area (Å²) in [5, 5.41) is 10.1. The summed E-state index contributed by atoms with van der Waals surface area (Å²) in [6.45, 7) is 23.0. The van der Waals surface area contributed by atoms with Crippen LogP contribution in [0.1, 0.15) is 94.4 Å². The molecule has 0 aromatic heterocycles. The van der Waals surface area contributed by atoms with Crippen molar-refractivity contribution in [2.45, 2.75) is 101 Å². The van der Waals surface area contributed by atoms with Crippen molar-refractivity contribution in [3.63, 3.8) is 0 Å². The predicted molar refractivity (Wildman–Crippen MR) is 174 cm³/mol. The van der Waals surface area contributed by atoms with Crippen LogP contribution in [0.3, 0.4) is 0 Å². The Labute approximate surface area is 252 Å². The Kier molecular flexibility index (Phi) is 12.4. The van der Waals surface area contributed by atoms with Gasteiger partial charge in [-0.15, -0.1) is 0 Å². The molecular weight excluding hydrogens is 526 g/mol. The van der Waals surface area contributed by atoms with E-state index in [4.69, 9.17) is 19.4 Å². The monoisotopic (exact) mass is 575 g/mol. The first-order valence-electron chi connectivity index (χ1n) is 14.8. The molecule has 2 N–H and O–H groups in total. The molecule has 3 aromatic rings. The molecule has 6 heteroatoms. The zero-order valence-electron chi connectivity index (χ0n) is 27.3. The minimum atomic E-state index is -0.318. The summed E-state index contributed by atoms with van der Waals surface area (Å²) in [7, 11) is 0. The first-order valence-corrected chi connectivity index (χ1v) is 14.8. The van der Waals surface area contributed by atoms with E-state index in [2.05, 4.69) is 97.1 Å². The van der Waals surface area contributed by atoms with Gasteiger partial charge in [0, 0.05) is 12.5 Å². The standard InChI is InChI=1S/C33H41NO3.C2H6.CH2O2/c1-19-12-13-26(17-20(19)2)31-21(3)30(27-14-15-28-25(18-27)11-10-16-36-28)29(23(5)37-33(7,8)9)22(4)32(31)34-24(6)35;1-2;2-1-3/h12-15,17-18,23H,10-11,16H2,1-9H3,(H,34,35);1-2H3;1H,(H,2,3). The molecule has 1 aliphatic rings. The number of carbonyl (C=O) groups is 2. The smallest absolute Gasteiger partial charge is 0.290 e. The van der Waals surface area contributed by atoms with Gasteiger partial charge < -0.3 is 19.9 Å². The summed E-state index contributed by atoms with van der Waals surface area (Å²) >= 11 is 0. The minimum absolute atomic E-state index is 0.0818. The number of hydrogen-bond donors (Lipinski definition) is 2. The van der Waals surface area contributed by atoms with Crippen molar-refractivity contribution in [3.8, 4) is 28.0 Å². The fraction of sp³-hybridized carbons (Fsp3) is 0.444. The number of benzene rings is 3. The van der Waals surface area contributed by atoms with Crippen LogP contribution >= 0.6 is 0 Å². The minimum Gasteiger partial charge on any atom is -0.493 e. The van der Waals surface area contributed by atoms with Crippen molar-refractivity contribution < 1.29 is 24.2 Å². The lowest BCUT2D eigenvalue weighted by Gasteiger charge is -2.31. The van der Waals surface area contributed by atoms with E-state index in [1.54, 1.807) is 6.92 Å². The van der Waals surface area contributed by atoms with Gasteiger partial charge in [0.2, 0.25) is 5.91 Å². The second-order valence-corrected chi connectivity index (χ2v) is 11.5. The molecule has 1 amide bonds. The molecule has 1 atom stereocenters. The van der Waals surface area contributed by atoms with Gasteiger partial charge in [-0.3, -0.25) is 9.59 Å². The normalized spacial score (nSPS) is 12.8. The van der Waals surface area contributed by atoms with Crippen LogP contribution in [0, 0.1) is 27.7 Å². The van der Waals surface area contributed by atoms with Gasteiger partial charge in [-0.2, -0.15) is 0 Å². The Bertz CT molecular complexity index is 1400. The number of nitrogens with one attached hydrogen (secondary N) is 1. The van der Waals surface area contributed by atoms with Crippen molar-refractivity contribution in [1.29, 1.82) is 0 Å². The third kappa shape index (κ3) is 8.22. The molecule has 42 heavy (non-hydrogen) atoms. The molecule has 0 saturated carbocycles. The zero-order chi connectivity index (χ0) is 31.8. The van der Waals surface area contributed by atoms with Gasteiger partial charge >= 0.3 is 0 Å². The first kappa shape index (κ1) is 34.6. The van der Waals surface area contributed by atoms with E-state index in [0.29, 0.717) is 0 Å². The number of anilines is 1. The van der Waals surface area contributed by atoms with E-state index in [0.717, 1.165) is 64.3 Å². The molecule has 0 saturated heterocycles. The van der Waals surface area contributed by atoms with Crippen LogP contribution in [-0.2, 0) is 20.7 Å². The van der Waals surface area contributed by atoms with Crippen LogP contribution in [0.2, 0.25) is 0 Å². The summed E-state index contributed by atoms with van der Waals surface area (Å²) in [5.74, 6) is 0.899. The molecule has 3 aromatic carbocycles. The zero-order valence-corrected chi connectivity index (χ0v) is 27.3. The van der Waals surface area contributed by atoms with Gasteiger partial charge in [0.25, 0.3) is 6.47 Å². The number of carboxylic acid groups (broad SMARTS) is 1. The third-order valence-corrected chi connectivity index (χ3v) is 7.28. The van der Waals surface area contributed by atoms with Gasteiger partial charge in [0.1, 0.15) is 5.75 Å². The molecule has 0 aliphatic carbocycles. The molecule has 0 fully saturated rings. The highest BCUT2D eigenvalue weighted by Crippen LogP contribution is 2.47. The predicted octanol–water partition coefficient (Wildman–Crippen LogP) is 9.14. The van der Waals surface area contributed by atoms with Crippen molar-refractivity contribution in [2.75, 3.05) is 11.9 Å². The molecule has 4 rings (SSSR count). The lowest BCUT2D eigenvalue weighted by molar-refractivity contribution is -0.123. The highest BCUT2D eigenvalue weighted by Gasteiger charge is 2.28. The number of carbonyl (C=O) groups excluding carboxylic acids is 1. The van der Waals surface area contributed by atoms with E-state index in [9.17, 15) is 4.79 Å². The second kappa shape index (κ2) is 15.0. The Morgan fingerprint density at radius 2 is 1.57 bits per heavy atom. The second-order valence-electron chi connectivity index (χ2n) is 11.5. The maximum Gasteiger partial charge on any atom is 0.290 e. The molecule has 0 radical (unpaired) electrons. The lowest BCUT2D eigenvalue weighted by Crippen LogP contribution is -2.23. The van der Waals surface area contributed by atoms with E-state index in [-0.39, 0.29) is 24.1 Å². The first-order chi connectivity index (χ1) is 19.8. The molecule has 0 spiro atoms. The van der Waals surface area contributed by atoms with Crippen molar-refractivity contribution in [1.82, 2.24) is 0 Å². The van der Waals surface area contributed by atoms with E-state index < -0.39 is 0 Å². The average molecular weight is 576 g/mol. The summed E-state index contributed by atoms with van der Waals surface area (Å²) in [5.41, 5.74) is 12.0. The van der Waals surface area contributed by atoms with Crippen LogP contribution in [0.25, 0.3) is 22.3 Å². The summed E-state index contributed by atoms with van der Waals surface area (Å²) in [4.78, 5) is 20.8. The average Bonchev–Trinajstić information content (AvgIpc) is 2.92. The largest absolute Gasteiger partial charge is 0.493 e. The summed E-state index contributed by atoms with van der Waals surface area (Å²) in [6, 6.07) is 13.1. The molecule has 1 unspecified atom stereocenters. The highest BCUT2D eigenvalue weighted by atomic mass is 16.5. The van der Waals surface area contributed by atoms with Crippen LogP contribution in [0.4, 0.5) is 5.69 Å². The Hall–Kier alpha value is -3.64. The van der Waals surface area contributed by atoms with Crippen molar-refractivity contribution in [3.05, 3.63) is 69.8 Å². The van der Waals surface area contributed by atoms with Gasteiger partial charge in [-0.25, -0.2) is 0 Å². The van der Waals surface area contributed by atoms with E-state index in [1.165, 1.54) is 22.3 Å².